The molecule has 0 atom stereocenters. The van der Waals surface area contributed by atoms with Gasteiger partial charge in [0.05, 0.1) is 16.1 Å². The van der Waals surface area contributed by atoms with Gasteiger partial charge >= 0.3 is 0 Å². The minimum Gasteiger partial charge on any atom is -0.309 e. The fourth-order valence-corrected chi connectivity index (χ4v) is 3.32. The lowest BCUT2D eigenvalue weighted by atomic mass is 10.1. The maximum atomic E-state index is 6.50. The second-order valence-corrected chi connectivity index (χ2v) is 5.68. The lowest BCUT2D eigenvalue weighted by Gasteiger charge is -2.09. The number of hydrogen-bond donors (Lipinski definition) is 0. The van der Waals surface area contributed by atoms with Crippen molar-refractivity contribution in [2.75, 3.05) is 0 Å². The average molecular weight is 292 g/mol. The van der Waals surface area contributed by atoms with Crippen LogP contribution in [-0.2, 0) is 0 Å². The highest BCUT2D eigenvalue weighted by molar-refractivity contribution is 6.38. The first-order valence-corrected chi connectivity index (χ1v) is 7.39. The van der Waals surface area contributed by atoms with Gasteiger partial charge in [0.1, 0.15) is 0 Å². The van der Waals surface area contributed by atoms with Gasteiger partial charge in [-0.05, 0) is 36.8 Å². The van der Waals surface area contributed by atoms with E-state index in [1.165, 1.54) is 22.0 Å². The minimum atomic E-state index is 0.807. The van der Waals surface area contributed by atoms with Crippen molar-refractivity contribution in [1.29, 1.82) is 0 Å². The summed E-state index contributed by atoms with van der Waals surface area (Å²) in [6.07, 6.45) is 0. The molecule has 0 bridgehead atoms. The molecular formula is C19H14ClN. The Hall–Kier alpha value is -2.25. The number of benzene rings is 3. The predicted molar refractivity (Wildman–Crippen MR) is 90.5 cm³/mol. The van der Waals surface area contributed by atoms with Crippen molar-refractivity contribution in [2.24, 2.45) is 0 Å². The van der Waals surface area contributed by atoms with Crippen molar-refractivity contribution in [3.63, 3.8) is 0 Å². The predicted octanol–water partition coefficient (Wildman–Crippen LogP) is 5.75. The van der Waals surface area contributed by atoms with Crippen LogP contribution in [0.5, 0.6) is 0 Å². The van der Waals surface area contributed by atoms with Gasteiger partial charge in [-0.15, -0.1) is 0 Å². The van der Waals surface area contributed by atoms with Crippen molar-refractivity contribution < 1.29 is 0 Å². The van der Waals surface area contributed by atoms with Crippen LogP contribution >= 0.6 is 11.6 Å². The largest absolute Gasteiger partial charge is 0.309 e. The van der Waals surface area contributed by atoms with Gasteiger partial charge in [0.15, 0.2) is 0 Å². The van der Waals surface area contributed by atoms with Gasteiger partial charge in [-0.3, -0.25) is 0 Å². The summed E-state index contributed by atoms with van der Waals surface area (Å²) in [5.74, 6) is 0. The van der Waals surface area contributed by atoms with E-state index in [1.807, 2.05) is 12.1 Å². The van der Waals surface area contributed by atoms with Crippen molar-refractivity contribution in [2.45, 2.75) is 6.92 Å². The Morgan fingerprint density at radius 2 is 1.52 bits per heavy atom. The summed E-state index contributed by atoms with van der Waals surface area (Å²) in [5, 5.41) is 3.14. The molecule has 0 saturated carbocycles. The normalized spacial score (nSPS) is 11.3. The van der Waals surface area contributed by atoms with Gasteiger partial charge in [0.2, 0.25) is 0 Å². The van der Waals surface area contributed by atoms with Crippen LogP contribution in [-0.4, -0.2) is 4.57 Å². The number of rotatable bonds is 1. The van der Waals surface area contributed by atoms with Crippen LogP contribution in [0.1, 0.15) is 5.56 Å². The second-order valence-electron chi connectivity index (χ2n) is 5.28. The summed E-state index contributed by atoms with van der Waals surface area (Å²) in [5.41, 5.74) is 4.77. The van der Waals surface area contributed by atoms with Crippen molar-refractivity contribution >= 4 is 33.4 Å². The Kier molecular flexibility index (Phi) is 2.76. The molecular weight excluding hydrogens is 278 g/mol. The van der Waals surface area contributed by atoms with E-state index >= 15 is 0 Å². The highest BCUT2D eigenvalue weighted by Gasteiger charge is 2.15. The minimum absolute atomic E-state index is 0.807. The molecule has 1 nitrogen and oxygen atoms in total. The molecule has 1 aromatic heterocycles. The first-order valence-electron chi connectivity index (χ1n) is 7.01. The van der Waals surface area contributed by atoms with E-state index in [9.17, 15) is 0 Å². The van der Waals surface area contributed by atoms with Crippen LogP contribution in [0.2, 0.25) is 5.02 Å². The highest BCUT2D eigenvalue weighted by atomic mass is 35.5. The smallest absolute Gasteiger partial charge is 0.0585 e. The number of fused-ring (bicyclic) bond motifs is 3. The monoisotopic (exact) mass is 291 g/mol. The molecule has 0 amide bonds. The van der Waals surface area contributed by atoms with E-state index < -0.39 is 0 Å². The van der Waals surface area contributed by atoms with E-state index in [4.69, 9.17) is 11.6 Å². The van der Waals surface area contributed by atoms with Crippen LogP contribution in [0, 0.1) is 6.92 Å². The SMILES string of the molecule is Cc1ccc(Cl)c2c3ccccc3n(-c3ccccc3)c12. The van der Waals surface area contributed by atoms with Crippen molar-refractivity contribution in [3.8, 4) is 5.69 Å². The van der Waals surface area contributed by atoms with Gasteiger partial charge in [-0.25, -0.2) is 0 Å². The van der Waals surface area contributed by atoms with E-state index in [0.717, 1.165) is 16.1 Å². The van der Waals surface area contributed by atoms with Gasteiger partial charge in [0.25, 0.3) is 0 Å². The molecule has 0 fully saturated rings. The summed E-state index contributed by atoms with van der Waals surface area (Å²) < 4.78 is 2.30. The van der Waals surface area contributed by atoms with Crippen molar-refractivity contribution in [1.82, 2.24) is 4.57 Å². The average Bonchev–Trinajstić information content (AvgIpc) is 2.88. The standard InChI is InChI=1S/C19H14ClN/c1-13-11-12-16(20)18-15-9-5-6-10-17(15)21(19(13)18)14-7-3-2-4-8-14/h2-12H,1H3. The summed E-state index contributed by atoms with van der Waals surface area (Å²) >= 11 is 6.50. The Morgan fingerprint density at radius 3 is 2.33 bits per heavy atom. The molecule has 2 heteroatoms. The Morgan fingerprint density at radius 1 is 0.810 bits per heavy atom. The molecule has 21 heavy (non-hydrogen) atoms. The summed E-state index contributed by atoms with van der Waals surface area (Å²) in [6, 6.07) is 22.9. The molecule has 3 aromatic carbocycles. The number of para-hydroxylation sites is 2. The maximum Gasteiger partial charge on any atom is 0.0585 e. The Balaban J connectivity index is 2.30. The van der Waals surface area contributed by atoms with Gasteiger partial charge in [-0.2, -0.15) is 0 Å². The van der Waals surface area contributed by atoms with E-state index in [-0.39, 0.29) is 0 Å². The van der Waals surface area contributed by atoms with Gasteiger partial charge in [0, 0.05) is 16.5 Å². The fourth-order valence-electron chi connectivity index (χ4n) is 3.06. The zero-order chi connectivity index (χ0) is 14.4. The number of nitrogens with zero attached hydrogens (tertiary/aromatic N) is 1. The summed E-state index contributed by atoms with van der Waals surface area (Å²) in [4.78, 5) is 0. The van der Waals surface area contributed by atoms with E-state index in [2.05, 4.69) is 66.1 Å². The molecule has 0 spiro atoms. The van der Waals surface area contributed by atoms with Gasteiger partial charge < -0.3 is 4.57 Å². The first-order chi connectivity index (χ1) is 10.3. The Labute approximate surface area is 128 Å². The number of hydrogen-bond acceptors (Lipinski definition) is 0. The number of aryl methyl sites for hydroxylation is 1. The quantitative estimate of drug-likeness (QED) is 0.421. The van der Waals surface area contributed by atoms with Crippen LogP contribution in [0.3, 0.4) is 0 Å². The molecule has 0 unspecified atom stereocenters. The third kappa shape index (κ3) is 1.78. The third-order valence-corrected chi connectivity index (χ3v) is 4.30. The van der Waals surface area contributed by atoms with E-state index in [0.29, 0.717) is 0 Å². The van der Waals surface area contributed by atoms with Crippen LogP contribution in [0.25, 0.3) is 27.5 Å². The molecule has 0 aliphatic rings. The molecule has 0 aliphatic heterocycles. The fraction of sp³-hybridized carbons (Fsp3) is 0.0526. The third-order valence-electron chi connectivity index (χ3n) is 3.98. The molecule has 0 aliphatic carbocycles. The molecule has 0 radical (unpaired) electrons. The Bertz CT molecular complexity index is 952. The zero-order valence-corrected chi connectivity index (χ0v) is 12.4. The summed E-state index contributed by atoms with van der Waals surface area (Å²) in [7, 11) is 0. The van der Waals surface area contributed by atoms with Gasteiger partial charge in [-0.1, -0.05) is 54.1 Å². The van der Waals surface area contributed by atoms with E-state index in [1.54, 1.807) is 0 Å². The lowest BCUT2D eigenvalue weighted by Crippen LogP contribution is -1.94. The maximum absolute atomic E-state index is 6.50. The van der Waals surface area contributed by atoms with Crippen LogP contribution < -0.4 is 0 Å². The first kappa shape index (κ1) is 12.5. The number of aromatic nitrogens is 1. The molecule has 102 valence electrons. The lowest BCUT2D eigenvalue weighted by molar-refractivity contribution is 1.17. The molecule has 4 rings (SSSR count). The van der Waals surface area contributed by atoms with Crippen LogP contribution in [0.15, 0.2) is 66.7 Å². The van der Waals surface area contributed by atoms with Crippen LogP contribution in [0.4, 0.5) is 0 Å². The topological polar surface area (TPSA) is 4.93 Å². The summed E-state index contributed by atoms with van der Waals surface area (Å²) in [6.45, 7) is 2.14. The molecule has 0 saturated heterocycles. The van der Waals surface area contributed by atoms with Crippen molar-refractivity contribution in [3.05, 3.63) is 77.3 Å². The zero-order valence-electron chi connectivity index (χ0n) is 11.7. The number of halogens is 1. The molecule has 1 heterocycles. The molecule has 0 N–H and O–H groups in total. The molecule has 4 aromatic rings. The second kappa shape index (κ2) is 4.64. The highest BCUT2D eigenvalue weighted by Crippen LogP contribution is 2.37.